The largest absolute Gasteiger partial charge is 0.459 e. The smallest absolute Gasteiger partial charge is 0.338 e. The van der Waals surface area contributed by atoms with Gasteiger partial charge in [0.05, 0.1) is 16.7 Å². The van der Waals surface area contributed by atoms with Crippen LogP contribution in [0.2, 0.25) is 0 Å². The van der Waals surface area contributed by atoms with Gasteiger partial charge in [-0.25, -0.2) is 18.8 Å². The summed E-state index contributed by atoms with van der Waals surface area (Å²) in [5, 5.41) is 0. The fourth-order valence-corrected chi connectivity index (χ4v) is 3.43. The van der Waals surface area contributed by atoms with Crippen LogP contribution in [0.3, 0.4) is 0 Å². The van der Waals surface area contributed by atoms with Crippen molar-refractivity contribution in [3.63, 3.8) is 0 Å². The number of rotatable bonds is 7. The minimum atomic E-state index is -2.10. The summed E-state index contributed by atoms with van der Waals surface area (Å²) < 4.78 is 36.2. The second-order valence-corrected chi connectivity index (χ2v) is 7.46. The van der Waals surface area contributed by atoms with E-state index in [0.717, 1.165) is 0 Å². The van der Waals surface area contributed by atoms with E-state index in [-0.39, 0.29) is 11.1 Å². The van der Waals surface area contributed by atoms with E-state index in [1.807, 2.05) is 0 Å². The van der Waals surface area contributed by atoms with E-state index in [2.05, 4.69) is 0 Å². The van der Waals surface area contributed by atoms with Crippen LogP contribution in [0.1, 0.15) is 31.1 Å². The number of hydrogen-bond acceptors (Lipinski definition) is 7. The maximum atomic E-state index is 14.8. The molecule has 0 bridgehead atoms. The molecule has 34 heavy (non-hydrogen) atoms. The number of hydrogen-bond donors (Lipinski definition) is 0. The van der Waals surface area contributed by atoms with Gasteiger partial charge in [-0.2, -0.15) is 0 Å². The van der Waals surface area contributed by atoms with Crippen molar-refractivity contribution < 1.29 is 37.7 Å². The summed E-state index contributed by atoms with van der Waals surface area (Å²) in [6, 6.07) is 24.3. The molecule has 0 saturated carbocycles. The summed E-state index contributed by atoms with van der Waals surface area (Å²) in [7, 11) is 0. The lowest BCUT2D eigenvalue weighted by atomic mass is 10.1. The van der Waals surface area contributed by atoms with Crippen LogP contribution in [0, 0.1) is 0 Å². The number of carbonyl (C=O) groups excluding carboxylic acids is 3. The zero-order valence-corrected chi connectivity index (χ0v) is 17.9. The molecule has 7 nitrogen and oxygen atoms in total. The molecule has 174 valence electrons. The van der Waals surface area contributed by atoms with Crippen LogP contribution in [0.15, 0.2) is 91.0 Å². The lowest BCUT2D eigenvalue weighted by molar-refractivity contribution is -0.0884. The molecule has 1 heterocycles. The van der Waals surface area contributed by atoms with E-state index in [4.69, 9.17) is 18.9 Å². The third-order valence-corrected chi connectivity index (χ3v) is 5.15. The summed E-state index contributed by atoms with van der Waals surface area (Å²) >= 11 is 0. The molecule has 0 aliphatic carbocycles. The zero-order valence-electron chi connectivity index (χ0n) is 17.9. The Bertz CT molecular complexity index is 1120. The first-order valence-electron chi connectivity index (χ1n) is 10.6. The molecule has 0 amide bonds. The molecule has 3 aromatic carbocycles. The van der Waals surface area contributed by atoms with E-state index in [9.17, 15) is 18.8 Å². The molecule has 0 spiro atoms. The van der Waals surface area contributed by atoms with Gasteiger partial charge in [0.2, 0.25) is 6.36 Å². The molecule has 1 aliphatic heterocycles. The summed E-state index contributed by atoms with van der Waals surface area (Å²) in [5.41, 5.74) is 0.710. The number of esters is 3. The first-order chi connectivity index (χ1) is 16.5. The standard InChI is InChI=1S/C26H21FO7/c27-23-22(34-26(30)19-14-8-3-9-15-19)21(33-25(29)18-12-6-2-7-13-18)20(32-23)16-31-24(28)17-10-4-1-5-11-17/h1-15,20-23H,16H2/t20-,21-,22-,23+/m0/s1. The van der Waals surface area contributed by atoms with Crippen LogP contribution in [0.5, 0.6) is 0 Å². The number of halogens is 1. The average molecular weight is 464 g/mol. The van der Waals surface area contributed by atoms with Gasteiger partial charge in [-0.1, -0.05) is 54.6 Å². The fraction of sp³-hybridized carbons (Fsp3) is 0.192. The van der Waals surface area contributed by atoms with E-state index < -0.39 is 49.2 Å². The number of ether oxygens (including phenoxy) is 4. The molecule has 1 aliphatic rings. The van der Waals surface area contributed by atoms with Gasteiger partial charge >= 0.3 is 17.9 Å². The Morgan fingerprint density at radius 3 is 1.53 bits per heavy atom. The van der Waals surface area contributed by atoms with Crippen LogP contribution in [-0.4, -0.2) is 49.2 Å². The molecule has 0 radical (unpaired) electrons. The highest BCUT2D eigenvalue weighted by atomic mass is 19.1. The molecule has 0 unspecified atom stereocenters. The van der Waals surface area contributed by atoms with Gasteiger partial charge in [0, 0.05) is 0 Å². The van der Waals surface area contributed by atoms with E-state index in [0.29, 0.717) is 5.56 Å². The molecule has 1 saturated heterocycles. The Labute approximate surface area is 195 Å². The SMILES string of the molecule is O=C(OC[C@@H]1O[C@@H](F)[C@@H](OC(=O)c2ccccc2)[C@H]1OC(=O)c1ccccc1)c1ccccc1. The monoisotopic (exact) mass is 464 g/mol. The van der Waals surface area contributed by atoms with E-state index >= 15 is 0 Å². The Kier molecular flexibility index (Phi) is 7.29. The van der Waals surface area contributed by atoms with Gasteiger partial charge in [-0.15, -0.1) is 0 Å². The molecule has 4 atom stereocenters. The van der Waals surface area contributed by atoms with Gasteiger partial charge in [-0.3, -0.25) is 0 Å². The normalized spacial score (nSPS) is 21.4. The minimum Gasteiger partial charge on any atom is -0.459 e. The maximum absolute atomic E-state index is 14.8. The summed E-state index contributed by atoms with van der Waals surface area (Å²) in [5.74, 6) is -2.22. The highest BCUT2D eigenvalue weighted by Crippen LogP contribution is 2.30. The van der Waals surface area contributed by atoms with Crippen molar-refractivity contribution in [2.45, 2.75) is 24.7 Å². The van der Waals surface area contributed by atoms with Crippen molar-refractivity contribution in [2.75, 3.05) is 6.61 Å². The molecular weight excluding hydrogens is 443 g/mol. The van der Waals surface area contributed by atoms with Gasteiger partial charge in [0.1, 0.15) is 12.7 Å². The first kappa shape index (κ1) is 23.1. The molecule has 3 aromatic rings. The van der Waals surface area contributed by atoms with E-state index in [1.54, 1.807) is 66.7 Å². The van der Waals surface area contributed by atoms with Gasteiger partial charge in [0.25, 0.3) is 0 Å². The number of benzene rings is 3. The summed E-state index contributed by atoms with van der Waals surface area (Å²) in [4.78, 5) is 37.5. The third-order valence-electron chi connectivity index (χ3n) is 5.15. The molecule has 0 aromatic heterocycles. The summed E-state index contributed by atoms with van der Waals surface area (Å²) in [6.45, 7) is -0.416. The second-order valence-electron chi connectivity index (χ2n) is 7.46. The van der Waals surface area contributed by atoms with E-state index in [1.165, 1.54) is 24.3 Å². The molecule has 1 fully saturated rings. The van der Waals surface area contributed by atoms with Crippen LogP contribution >= 0.6 is 0 Å². The van der Waals surface area contributed by atoms with Crippen molar-refractivity contribution in [3.05, 3.63) is 108 Å². The lowest BCUT2D eigenvalue weighted by Crippen LogP contribution is -2.41. The third kappa shape index (κ3) is 5.47. The first-order valence-corrected chi connectivity index (χ1v) is 10.6. The predicted molar refractivity (Wildman–Crippen MR) is 118 cm³/mol. The Hall–Kier alpha value is -4.04. The van der Waals surface area contributed by atoms with Gasteiger partial charge in [-0.05, 0) is 36.4 Å². The fourth-order valence-electron chi connectivity index (χ4n) is 3.43. The lowest BCUT2D eigenvalue weighted by Gasteiger charge is -2.23. The van der Waals surface area contributed by atoms with Crippen molar-refractivity contribution in [2.24, 2.45) is 0 Å². The number of carbonyl (C=O) groups is 3. The quantitative estimate of drug-likeness (QED) is 0.386. The summed E-state index contributed by atoms with van der Waals surface area (Å²) in [6.07, 6.45) is -6.19. The predicted octanol–water partition coefficient (Wildman–Crippen LogP) is 3.99. The highest BCUT2D eigenvalue weighted by Gasteiger charge is 2.51. The van der Waals surface area contributed by atoms with Crippen molar-refractivity contribution in [3.8, 4) is 0 Å². The van der Waals surface area contributed by atoms with Crippen LogP contribution in [0.25, 0.3) is 0 Å². The minimum absolute atomic E-state index is 0.196. The Balaban J connectivity index is 1.51. The Morgan fingerprint density at radius 2 is 1.06 bits per heavy atom. The van der Waals surface area contributed by atoms with Gasteiger partial charge < -0.3 is 18.9 Å². The average Bonchev–Trinajstić information content (AvgIpc) is 3.17. The topological polar surface area (TPSA) is 88.1 Å². The molecular formula is C26H21FO7. The van der Waals surface area contributed by atoms with Crippen molar-refractivity contribution >= 4 is 17.9 Å². The molecule has 8 heteroatoms. The number of alkyl halides is 1. The zero-order chi connectivity index (χ0) is 23.9. The second kappa shape index (κ2) is 10.7. The van der Waals surface area contributed by atoms with Crippen LogP contribution in [-0.2, 0) is 18.9 Å². The van der Waals surface area contributed by atoms with Crippen LogP contribution < -0.4 is 0 Å². The van der Waals surface area contributed by atoms with Crippen molar-refractivity contribution in [1.82, 2.24) is 0 Å². The Morgan fingerprint density at radius 1 is 0.647 bits per heavy atom. The maximum Gasteiger partial charge on any atom is 0.338 e. The highest BCUT2D eigenvalue weighted by molar-refractivity contribution is 5.90. The molecule has 0 N–H and O–H groups in total. The van der Waals surface area contributed by atoms with Gasteiger partial charge in [0.15, 0.2) is 12.2 Å². The molecule has 4 rings (SSSR count). The van der Waals surface area contributed by atoms with Crippen molar-refractivity contribution in [1.29, 1.82) is 0 Å². The van der Waals surface area contributed by atoms with Crippen LogP contribution in [0.4, 0.5) is 4.39 Å².